The van der Waals surface area contributed by atoms with E-state index < -0.39 is 24.0 Å². The van der Waals surface area contributed by atoms with E-state index in [0.29, 0.717) is 11.5 Å². The van der Waals surface area contributed by atoms with Crippen molar-refractivity contribution in [3.8, 4) is 0 Å². The Morgan fingerprint density at radius 3 is 2.44 bits per heavy atom. The number of nitrogens with zero attached hydrogens (tertiary/aromatic N) is 1. The lowest BCUT2D eigenvalue weighted by Crippen LogP contribution is -2.42. The summed E-state index contributed by atoms with van der Waals surface area (Å²) in [7, 11) is 0. The van der Waals surface area contributed by atoms with E-state index in [0.717, 1.165) is 0 Å². The van der Waals surface area contributed by atoms with Crippen LogP contribution in [0.3, 0.4) is 0 Å². The number of hydrogen-bond donors (Lipinski definition) is 2. The Kier molecular flexibility index (Phi) is 4.03. The van der Waals surface area contributed by atoms with Crippen molar-refractivity contribution in [3.05, 3.63) is 17.0 Å². The second kappa shape index (κ2) is 5.30. The second-order valence-corrected chi connectivity index (χ2v) is 3.60. The number of carbonyl (C=O) groups excluding carboxylic acids is 3. The fourth-order valence-corrected chi connectivity index (χ4v) is 1.27. The van der Waals surface area contributed by atoms with Crippen molar-refractivity contribution >= 4 is 17.9 Å². The number of carbonyl (C=O) groups is 3. The summed E-state index contributed by atoms with van der Waals surface area (Å²) in [4.78, 5) is 33.5. The first-order valence-electron chi connectivity index (χ1n) is 5.07. The lowest BCUT2D eigenvalue weighted by Gasteiger charge is -2.11. The van der Waals surface area contributed by atoms with Gasteiger partial charge in [-0.3, -0.25) is 10.1 Å². The van der Waals surface area contributed by atoms with Crippen LogP contribution >= 0.6 is 0 Å². The van der Waals surface area contributed by atoms with Gasteiger partial charge in [0, 0.05) is 0 Å². The van der Waals surface area contributed by atoms with E-state index in [1.807, 2.05) is 0 Å². The van der Waals surface area contributed by atoms with E-state index in [4.69, 9.17) is 15.0 Å². The van der Waals surface area contributed by atoms with Crippen LogP contribution in [0.25, 0.3) is 0 Å². The zero-order valence-corrected chi connectivity index (χ0v) is 10.1. The average Bonchev–Trinajstić information content (AvgIpc) is 2.57. The van der Waals surface area contributed by atoms with Gasteiger partial charge in [0.05, 0.1) is 5.69 Å². The van der Waals surface area contributed by atoms with Gasteiger partial charge in [0.1, 0.15) is 11.3 Å². The molecule has 8 heteroatoms. The van der Waals surface area contributed by atoms with Crippen LogP contribution < -0.4 is 11.1 Å². The van der Waals surface area contributed by atoms with Gasteiger partial charge in [-0.1, -0.05) is 5.16 Å². The molecule has 0 bridgehead atoms. The predicted octanol–water partition coefficient (Wildman–Crippen LogP) is 0.0316. The van der Waals surface area contributed by atoms with Crippen molar-refractivity contribution in [3.63, 3.8) is 0 Å². The third-order valence-corrected chi connectivity index (χ3v) is 2.14. The lowest BCUT2D eigenvalue weighted by molar-refractivity contribution is -0.127. The van der Waals surface area contributed by atoms with E-state index in [2.05, 4.69) is 5.16 Å². The minimum absolute atomic E-state index is 0.161. The number of aromatic nitrogens is 1. The number of ether oxygens (including phenoxy) is 1. The zero-order chi connectivity index (χ0) is 13.9. The third-order valence-electron chi connectivity index (χ3n) is 2.14. The van der Waals surface area contributed by atoms with Crippen LogP contribution in [0.15, 0.2) is 4.52 Å². The molecule has 8 nitrogen and oxygen atoms in total. The normalized spacial score (nSPS) is 11.7. The van der Waals surface area contributed by atoms with Gasteiger partial charge in [-0.25, -0.2) is 9.59 Å². The molecule has 1 aromatic rings. The van der Waals surface area contributed by atoms with Gasteiger partial charge in [0.2, 0.25) is 0 Å². The SMILES string of the molecule is Cc1noc(C)c1C(=O)O[C@@H](C)C(=O)NC(N)=O. The Morgan fingerprint density at radius 1 is 1.39 bits per heavy atom. The number of nitrogens with two attached hydrogens (primary N) is 1. The second-order valence-electron chi connectivity index (χ2n) is 3.60. The molecule has 0 aliphatic carbocycles. The molecule has 0 aliphatic heterocycles. The van der Waals surface area contributed by atoms with Crippen LogP contribution in [-0.4, -0.2) is 29.2 Å². The Balaban J connectivity index is 2.71. The van der Waals surface area contributed by atoms with Crippen LogP contribution in [0, 0.1) is 13.8 Å². The minimum Gasteiger partial charge on any atom is -0.449 e. The highest BCUT2D eigenvalue weighted by Gasteiger charge is 2.24. The minimum atomic E-state index is -1.15. The Labute approximate surface area is 102 Å². The monoisotopic (exact) mass is 255 g/mol. The first-order chi connectivity index (χ1) is 8.32. The molecule has 0 unspecified atom stereocenters. The van der Waals surface area contributed by atoms with Gasteiger partial charge in [0.15, 0.2) is 6.10 Å². The van der Waals surface area contributed by atoms with E-state index in [1.54, 1.807) is 19.2 Å². The van der Waals surface area contributed by atoms with Gasteiger partial charge < -0.3 is 15.0 Å². The summed E-state index contributed by atoms with van der Waals surface area (Å²) >= 11 is 0. The van der Waals surface area contributed by atoms with Crippen molar-refractivity contribution in [2.45, 2.75) is 26.9 Å². The number of imide groups is 1. The van der Waals surface area contributed by atoms with Crippen molar-refractivity contribution in [1.29, 1.82) is 0 Å². The van der Waals surface area contributed by atoms with Crippen LogP contribution in [0.5, 0.6) is 0 Å². The van der Waals surface area contributed by atoms with Crippen molar-refractivity contribution in [1.82, 2.24) is 10.5 Å². The van der Waals surface area contributed by atoms with E-state index in [9.17, 15) is 14.4 Å². The van der Waals surface area contributed by atoms with Crippen LogP contribution in [0.1, 0.15) is 28.7 Å². The topological polar surface area (TPSA) is 125 Å². The fourth-order valence-electron chi connectivity index (χ4n) is 1.27. The number of aryl methyl sites for hydroxylation is 2. The maximum atomic E-state index is 11.7. The molecule has 1 atom stereocenters. The molecule has 0 saturated carbocycles. The summed E-state index contributed by atoms with van der Waals surface area (Å²) in [6.07, 6.45) is -1.15. The fraction of sp³-hybridized carbons (Fsp3) is 0.400. The Morgan fingerprint density at radius 2 is 2.00 bits per heavy atom. The van der Waals surface area contributed by atoms with Crippen LogP contribution in [-0.2, 0) is 9.53 Å². The molecule has 0 saturated heterocycles. The largest absolute Gasteiger partial charge is 0.449 e. The summed E-state index contributed by atoms with van der Waals surface area (Å²) in [5.74, 6) is -1.26. The third kappa shape index (κ3) is 3.06. The molecule has 18 heavy (non-hydrogen) atoms. The molecule has 1 heterocycles. The van der Waals surface area contributed by atoms with Gasteiger partial charge in [-0.05, 0) is 20.8 Å². The summed E-state index contributed by atoms with van der Waals surface area (Å²) in [6, 6.07) is -1.01. The highest BCUT2D eigenvalue weighted by molar-refractivity contribution is 5.98. The number of rotatable bonds is 3. The summed E-state index contributed by atoms with van der Waals surface area (Å²) in [5, 5.41) is 5.39. The molecule has 0 radical (unpaired) electrons. The highest BCUT2D eigenvalue weighted by Crippen LogP contribution is 2.14. The maximum Gasteiger partial charge on any atom is 0.344 e. The van der Waals surface area contributed by atoms with Crippen molar-refractivity contribution < 1.29 is 23.6 Å². The van der Waals surface area contributed by atoms with Gasteiger partial charge >= 0.3 is 12.0 Å². The number of nitrogens with one attached hydrogen (secondary N) is 1. The smallest absolute Gasteiger partial charge is 0.344 e. The Bertz CT molecular complexity index is 474. The average molecular weight is 255 g/mol. The number of amides is 3. The van der Waals surface area contributed by atoms with Crippen molar-refractivity contribution in [2.75, 3.05) is 0 Å². The molecule has 3 amide bonds. The molecule has 98 valence electrons. The summed E-state index contributed by atoms with van der Waals surface area (Å²) in [5.41, 5.74) is 5.29. The summed E-state index contributed by atoms with van der Waals surface area (Å²) in [6.45, 7) is 4.43. The molecule has 0 spiro atoms. The maximum absolute atomic E-state index is 11.7. The zero-order valence-electron chi connectivity index (χ0n) is 10.1. The molecule has 1 rings (SSSR count). The van der Waals surface area contributed by atoms with Crippen LogP contribution in [0.4, 0.5) is 4.79 Å². The molecular weight excluding hydrogens is 242 g/mol. The van der Waals surface area contributed by atoms with E-state index >= 15 is 0 Å². The molecule has 1 aromatic heterocycles. The molecule has 0 fully saturated rings. The lowest BCUT2D eigenvalue weighted by atomic mass is 10.2. The molecule has 3 N–H and O–H groups in total. The number of urea groups is 1. The standard InChI is InChI=1S/C10H13N3O5/c1-4-7(5(2)18-13-4)9(15)17-6(3)8(14)12-10(11)16/h6H,1-3H3,(H3,11,12,14,16)/t6-/m0/s1. The molecule has 0 aliphatic rings. The Hall–Kier alpha value is -2.38. The molecular formula is C10H13N3O5. The summed E-state index contributed by atoms with van der Waals surface area (Å²) < 4.78 is 9.66. The van der Waals surface area contributed by atoms with Gasteiger partial charge in [-0.2, -0.15) is 0 Å². The first kappa shape index (κ1) is 13.7. The van der Waals surface area contributed by atoms with E-state index in [1.165, 1.54) is 6.92 Å². The van der Waals surface area contributed by atoms with Gasteiger partial charge in [0.25, 0.3) is 5.91 Å². The molecule has 0 aromatic carbocycles. The number of esters is 1. The predicted molar refractivity (Wildman–Crippen MR) is 58.6 cm³/mol. The highest BCUT2D eigenvalue weighted by atomic mass is 16.5. The van der Waals surface area contributed by atoms with Crippen LogP contribution in [0.2, 0.25) is 0 Å². The van der Waals surface area contributed by atoms with E-state index in [-0.39, 0.29) is 5.56 Å². The number of primary amides is 1. The van der Waals surface area contributed by atoms with Gasteiger partial charge in [-0.15, -0.1) is 0 Å². The number of hydrogen-bond acceptors (Lipinski definition) is 6. The van der Waals surface area contributed by atoms with Crippen molar-refractivity contribution in [2.24, 2.45) is 5.73 Å². The first-order valence-corrected chi connectivity index (χ1v) is 5.07. The quantitative estimate of drug-likeness (QED) is 0.734.